The number of para-hydroxylation sites is 1. The number of rotatable bonds is 2. The Bertz CT molecular complexity index is 728. The fourth-order valence-corrected chi connectivity index (χ4v) is 3.70. The molecule has 1 heterocycles. The smallest absolute Gasteiger partial charge is 0.130 e. The third-order valence-electron chi connectivity index (χ3n) is 3.16. The first kappa shape index (κ1) is 14.4. The van der Waals surface area contributed by atoms with Crippen LogP contribution in [-0.2, 0) is 0 Å². The van der Waals surface area contributed by atoms with Crippen molar-refractivity contribution in [1.82, 2.24) is 0 Å². The maximum absolute atomic E-state index is 10.5. The second kappa shape index (κ2) is 6.10. The molecule has 5 heteroatoms. The molecule has 0 fully saturated rings. The van der Waals surface area contributed by atoms with Gasteiger partial charge in [-0.1, -0.05) is 42.0 Å². The molecule has 2 N–H and O–H groups in total. The maximum Gasteiger partial charge on any atom is 0.130 e. The van der Waals surface area contributed by atoms with E-state index < -0.39 is 0 Å². The van der Waals surface area contributed by atoms with Crippen molar-refractivity contribution >= 4 is 52.0 Å². The Morgan fingerprint density at radius 2 is 1.95 bits per heavy atom. The maximum atomic E-state index is 10.5. The number of hydrogen-bond acceptors (Lipinski definition) is 3. The summed E-state index contributed by atoms with van der Waals surface area (Å²) in [4.78, 5) is 1.56. The summed E-state index contributed by atoms with van der Waals surface area (Å²) in [5, 5.41) is 14.2. The van der Waals surface area contributed by atoms with E-state index in [0.29, 0.717) is 15.8 Å². The van der Waals surface area contributed by atoms with E-state index in [1.54, 1.807) is 17.8 Å². The van der Waals surface area contributed by atoms with Crippen molar-refractivity contribution in [3.8, 4) is 0 Å². The van der Waals surface area contributed by atoms with Crippen LogP contribution in [0.4, 0.5) is 5.69 Å². The van der Waals surface area contributed by atoms with Gasteiger partial charge >= 0.3 is 0 Å². The molecule has 1 aliphatic rings. The monoisotopic (exact) mass is 333 g/mol. The zero-order valence-corrected chi connectivity index (χ0v) is 13.4. The van der Waals surface area contributed by atoms with Gasteiger partial charge in [-0.15, -0.1) is 11.8 Å². The minimum atomic E-state index is 0.208. The number of nitrogens with one attached hydrogen (secondary N) is 1. The van der Waals surface area contributed by atoms with Crippen LogP contribution >= 0.6 is 35.6 Å². The summed E-state index contributed by atoms with van der Waals surface area (Å²) in [6.07, 6.45) is 0. The number of thioether (sulfide) groups is 1. The normalized spacial score (nSPS) is 13.8. The summed E-state index contributed by atoms with van der Waals surface area (Å²) in [6, 6.07) is 15.2. The van der Waals surface area contributed by atoms with Crippen molar-refractivity contribution in [3.63, 3.8) is 0 Å². The molecule has 2 nitrogen and oxygen atoms in total. The standard InChI is InChI=1S/C16H12ClNOS2/c17-10-6-7-14-12(8-10)15(19)13(9-21-14)16(20)18-11-4-2-1-3-5-11/h1-8,19H,9H2,(H,18,20). The number of thiocarbonyl (C=S) groups is 1. The summed E-state index contributed by atoms with van der Waals surface area (Å²) in [6.45, 7) is 0. The predicted octanol–water partition coefficient (Wildman–Crippen LogP) is 5.15. The van der Waals surface area contributed by atoms with E-state index in [1.807, 2.05) is 42.5 Å². The van der Waals surface area contributed by atoms with E-state index in [1.165, 1.54) is 0 Å². The predicted molar refractivity (Wildman–Crippen MR) is 94.4 cm³/mol. The first-order valence-electron chi connectivity index (χ1n) is 6.36. The Morgan fingerprint density at radius 1 is 1.19 bits per heavy atom. The molecule has 0 amide bonds. The number of anilines is 1. The van der Waals surface area contributed by atoms with E-state index in [4.69, 9.17) is 23.8 Å². The number of fused-ring (bicyclic) bond motifs is 1. The first-order chi connectivity index (χ1) is 10.1. The molecule has 106 valence electrons. The Hall–Kier alpha value is -1.49. The second-order valence-electron chi connectivity index (χ2n) is 4.58. The number of aliphatic hydroxyl groups is 1. The number of aliphatic hydroxyl groups excluding tert-OH is 1. The Labute approximate surface area is 137 Å². The van der Waals surface area contributed by atoms with E-state index in [2.05, 4.69) is 5.32 Å². The molecule has 21 heavy (non-hydrogen) atoms. The molecule has 0 aliphatic carbocycles. The lowest BCUT2D eigenvalue weighted by atomic mass is 10.1. The van der Waals surface area contributed by atoms with Crippen molar-refractivity contribution in [2.24, 2.45) is 0 Å². The fraction of sp³-hybridized carbons (Fsp3) is 0.0625. The number of hydrogen-bond donors (Lipinski definition) is 2. The van der Waals surface area contributed by atoms with E-state index >= 15 is 0 Å². The van der Waals surface area contributed by atoms with Gasteiger partial charge in [-0.3, -0.25) is 0 Å². The molecule has 3 rings (SSSR count). The van der Waals surface area contributed by atoms with Crippen molar-refractivity contribution < 1.29 is 5.11 Å². The average Bonchev–Trinajstić information content (AvgIpc) is 2.49. The number of halogens is 1. The summed E-state index contributed by atoms with van der Waals surface area (Å²) < 4.78 is 0. The summed E-state index contributed by atoms with van der Waals surface area (Å²) in [7, 11) is 0. The molecule has 0 saturated carbocycles. The van der Waals surface area contributed by atoms with Crippen LogP contribution in [-0.4, -0.2) is 15.8 Å². The molecule has 0 radical (unpaired) electrons. The van der Waals surface area contributed by atoms with E-state index in [9.17, 15) is 5.11 Å². The zero-order valence-electron chi connectivity index (χ0n) is 11.0. The molecule has 0 saturated heterocycles. The van der Waals surface area contributed by atoms with Crippen LogP contribution in [0.5, 0.6) is 0 Å². The lowest BCUT2D eigenvalue weighted by Crippen LogP contribution is -2.17. The van der Waals surface area contributed by atoms with Crippen molar-refractivity contribution in [3.05, 3.63) is 64.7 Å². The SMILES string of the molecule is OC1=C(C(=S)Nc2ccccc2)CSc2ccc(Cl)cc21. The van der Waals surface area contributed by atoms with E-state index in [-0.39, 0.29) is 5.76 Å². The Kier molecular flexibility index (Phi) is 4.19. The van der Waals surface area contributed by atoms with Crippen molar-refractivity contribution in [2.45, 2.75) is 4.90 Å². The second-order valence-corrected chi connectivity index (χ2v) is 6.44. The van der Waals surface area contributed by atoms with Crippen LogP contribution in [0.1, 0.15) is 5.56 Å². The highest BCUT2D eigenvalue weighted by atomic mass is 35.5. The molecule has 0 bridgehead atoms. The lowest BCUT2D eigenvalue weighted by Gasteiger charge is -2.20. The van der Waals surface area contributed by atoms with E-state index in [0.717, 1.165) is 21.7 Å². The van der Waals surface area contributed by atoms with Gasteiger partial charge in [-0.25, -0.2) is 0 Å². The summed E-state index contributed by atoms with van der Waals surface area (Å²) in [5.74, 6) is 0.846. The van der Waals surface area contributed by atoms with Crippen molar-refractivity contribution in [2.75, 3.05) is 11.1 Å². The van der Waals surface area contributed by atoms with Crippen LogP contribution in [0, 0.1) is 0 Å². The third-order valence-corrected chi connectivity index (χ3v) is 4.84. The molecular weight excluding hydrogens is 322 g/mol. The topological polar surface area (TPSA) is 32.3 Å². The lowest BCUT2D eigenvalue weighted by molar-refractivity contribution is 0.506. The Balaban J connectivity index is 1.91. The van der Waals surface area contributed by atoms with Gasteiger partial charge in [0.2, 0.25) is 0 Å². The summed E-state index contributed by atoms with van der Waals surface area (Å²) >= 11 is 13.1. The minimum absolute atomic E-state index is 0.208. The van der Waals surface area contributed by atoms with Crippen LogP contribution in [0.25, 0.3) is 5.76 Å². The molecule has 0 aromatic heterocycles. The van der Waals surface area contributed by atoms with Gasteiger partial charge in [0.15, 0.2) is 0 Å². The van der Waals surface area contributed by atoms with Crippen LogP contribution in [0.2, 0.25) is 5.02 Å². The molecule has 0 unspecified atom stereocenters. The largest absolute Gasteiger partial charge is 0.507 e. The van der Waals surface area contributed by atoms with Gasteiger partial charge in [-0.2, -0.15) is 0 Å². The van der Waals surface area contributed by atoms with Crippen molar-refractivity contribution in [1.29, 1.82) is 0 Å². The van der Waals surface area contributed by atoms with Gasteiger partial charge in [0, 0.05) is 32.5 Å². The molecule has 1 aliphatic heterocycles. The van der Waals surface area contributed by atoms with Crippen LogP contribution in [0.3, 0.4) is 0 Å². The summed E-state index contributed by atoms with van der Waals surface area (Å²) in [5.41, 5.74) is 2.38. The molecule has 2 aromatic rings. The van der Waals surface area contributed by atoms with Crippen LogP contribution in [0.15, 0.2) is 59.0 Å². The Morgan fingerprint density at radius 3 is 2.71 bits per heavy atom. The van der Waals surface area contributed by atoms with Gasteiger partial charge < -0.3 is 10.4 Å². The molecule has 0 atom stereocenters. The first-order valence-corrected chi connectivity index (χ1v) is 8.13. The minimum Gasteiger partial charge on any atom is -0.507 e. The third kappa shape index (κ3) is 3.07. The van der Waals surface area contributed by atoms with Gasteiger partial charge in [0.1, 0.15) is 10.7 Å². The van der Waals surface area contributed by atoms with Gasteiger partial charge in [-0.05, 0) is 30.3 Å². The molecule has 0 spiro atoms. The zero-order chi connectivity index (χ0) is 14.8. The van der Waals surface area contributed by atoms with Gasteiger partial charge in [0.25, 0.3) is 0 Å². The van der Waals surface area contributed by atoms with Crippen LogP contribution < -0.4 is 5.32 Å². The molecular formula is C16H12ClNOS2. The highest BCUT2D eigenvalue weighted by molar-refractivity contribution is 7.99. The number of benzene rings is 2. The molecule has 2 aromatic carbocycles. The quantitative estimate of drug-likeness (QED) is 0.744. The highest BCUT2D eigenvalue weighted by Gasteiger charge is 2.22. The fourth-order valence-electron chi connectivity index (χ4n) is 2.10. The average molecular weight is 334 g/mol. The van der Waals surface area contributed by atoms with Gasteiger partial charge in [0.05, 0.1) is 0 Å². The highest BCUT2D eigenvalue weighted by Crippen LogP contribution is 2.37.